The second-order valence-corrected chi connectivity index (χ2v) is 8.75. The molecule has 1 N–H and O–H groups in total. The Morgan fingerprint density at radius 1 is 0.971 bits per heavy atom. The number of benzene rings is 2. The number of nitrogens with one attached hydrogen (secondary N) is 1. The predicted molar refractivity (Wildman–Crippen MR) is 140 cm³/mol. The third-order valence-corrected chi connectivity index (χ3v) is 6.48. The summed E-state index contributed by atoms with van der Waals surface area (Å²) < 4.78 is 7.53. The number of thioether (sulfide) groups is 1. The van der Waals surface area contributed by atoms with Crippen LogP contribution in [0.4, 0.5) is 5.69 Å². The number of pyridine rings is 1. The van der Waals surface area contributed by atoms with Gasteiger partial charge in [-0.2, -0.15) is 0 Å². The molecule has 1 amide bonds. The second kappa shape index (κ2) is 11.7. The van der Waals surface area contributed by atoms with Crippen LogP contribution in [0.3, 0.4) is 0 Å². The molecule has 0 bridgehead atoms. The summed E-state index contributed by atoms with van der Waals surface area (Å²) in [5, 5.41) is 12.6. The van der Waals surface area contributed by atoms with Gasteiger partial charge in [0.25, 0.3) is 0 Å². The SMILES string of the molecule is CCOc1ccc(-n2c(SCC(=O)Nc3c(CC)cccc3CC)nnc2-c2cccnc2)cc1. The molecule has 0 atom stereocenters. The normalized spacial score (nSPS) is 10.8. The predicted octanol–water partition coefficient (Wildman–Crippen LogP) is 5.58. The van der Waals surface area contributed by atoms with Crippen LogP contribution in [0.2, 0.25) is 0 Å². The van der Waals surface area contributed by atoms with Crippen LogP contribution in [-0.4, -0.2) is 38.0 Å². The average Bonchev–Trinajstić information content (AvgIpc) is 3.32. The molecule has 0 aliphatic rings. The molecule has 0 aliphatic carbocycles. The van der Waals surface area contributed by atoms with Crippen LogP contribution in [0.15, 0.2) is 72.1 Å². The topological polar surface area (TPSA) is 81.9 Å². The molecule has 0 fully saturated rings. The molecule has 8 heteroatoms. The van der Waals surface area contributed by atoms with Crippen LogP contribution in [0.1, 0.15) is 31.9 Å². The zero-order valence-electron chi connectivity index (χ0n) is 20.2. The van der Waals surface area contributed by atoms with E-state index in [1.807, 2.05) is 54.0 Å². The summed E-state index contributed by atoms with van der Waals surface area (Å²) in [5.74, 6) is 1.59. The summed E-state index contributed by atoms with van der Waals surface area (Å²) in [7, 11) is 0. The van der Waals surface area contributed by atoms with E-state index in [4.69, 9.17) is 4.74 Å². The highest BCUT2D eigenvalue weighted by atomic mass is 32.2. The van der Waals surface area contributed by atoms with Gasteiger partial charge < -0.3 is 10.1 Å². The number of ether oxygens (including phenoxy) is 1. The highest BCUT2D eigenvalue weighted by molar-refractivity contribution is 7.99. The Morgan fingerprint density at radius 3 is 2.34 bits per heavy atom. The van der Waals surface area contributed by atoms with Gasteiger partial charge in [0.15, 0.2) is 11.0 Å². The minimum Gasteiger partial charge on any atom is -0.494 e. The summed E-state index contributed by atoms with van der Waals surface area (Å²) in [6.45, 7) is 6.75. The number of hydrogen-bond donors (Lipinski definition) is 1. The molecular weight excluding hydrogens is 458 g/mol. The number of nitrogens with zero attached hydrogens (tertiary/aromatic N) is 4. The Balaban J connectivity index is 1.60. The third-order valence-electron chi connectivity index (χ3n) is 5.55. The lowest BCUT2D eigenvalue weighted by Crippen LogP contribution is -2.17. The summed E-state index contributed by atoms with van der Waals surface area (Å²) in [6, 6.07) is 17.7. The highest BCUT2D eigenvalue weighted by Crippen LogP contribution is 2.29. The zero-order chi connectivity index (χ0) is 24.6. The molecule has 2 aromatic heterocycles. The fourth-order valence-electron chi connectivity index (χ4n) is 3.85. The monoisotopic (exact) mass is 487 g/mol. The maximum atomic E-state index is 12.9. The van der Waals surface area contributed by atoms with E-state index in [-0.39, 0.29) is 11.7 Å². The molecule has 0 spiro atoms. The number of rotatable bonds is 10. The number of carbonyl (C=O) groups excluding carboxylic acids is 1. The number of anilines is 1. The van der Waals surface area contributed by atoms with Crippen molar-refractivity contribution in [3.8, 4) is 22.8 Å². The van der Waals surface area contributed by atoms with Crippen molar-refractivity contribution in [2.75, 3.05) is 17.7 Å². The number of carbonyl (C=O) groups is 1. The minimum atomic E-state index is -0.0743. The van der Waals surface area contributed by atoms with Gasteiger partial charge in [-0.05, 0) is 67.3 Å². The number of para-hydroxylation sites is 1. The third kappa shape index (κ3) is 5.71. The quantitative estimate of drug-likeness (QED) is 0.294. The standard InChI is InChI=1S/C27H29N5O2S/c1-4-19-9-7-10-20(5-2)25(19)29-24(33)18-35-27-31-30-26(21-11-8-16-28-17-21)32(27)22-12-14-23(15-13-22)34-6-3/h7-17H,4-6,18H2,1-3H3,(H,29,33). The smallest absolute Gasteiger partial charge is 0.234 e. The Labute approximate surface area is 210 Å². The summed E-state index contributed by atoms with van der Waals surface area (Å²) in [6.07, 6.45) is 5.19. The molecule has 2 aromatic carbocycles. The summed E-state index contributed by atoms with van der Waals surface area (Å²) in [5.41, 5.74) is 4.92. The van der Waals surface area contributed by atoms with Crippen LogP contribution in [0, 0.1) is 0 Å². The first-order valence-corrected chi connectivity index (χ1v) is 12.8. The molecule has 0 radical (unpaired) electrons. The molecule has 4 rings (SSSR count). The van der Waals surface area contributed by atoms with Gasteiger partial charge in [0.1, 0.15) is 5.75 Å². The van der Waals surface area contributed by atoms with E-state index < -0.39 is 0 Å². The van der Waals surface area contributed by atoms with Crippen LogP contribution < -0.4 is 10.1 Å². The van der Waals surface area contributed by atoms with E-state index in [1.54, 1.807) is 12.4 Å². The summed E-state index contributed by atoms with van der Waals surface area (Å²) >= 11 is 1.35. The van der Waals surface area contributed by atoms with Crippen LogP contribution >= 0.6 is 11.8 Å². The first-order valence-electron chi connectivity index (χ1n) is 11.8. The molecule has 2 heterocycles. The molecule has 0 saturated heterocycles. The van der Waals surface area contributed by atoms with Crippen molar-refractivity contribution in [1.82, 2.24) is 19.7 Å². The fraction of sp³-hybridized carbons (Fsp3) is 0.259. The first-order chi connectivity index (χ1) is 17.1. The Hall–Kier alpha value is -3.65. The number of amides is 1. The van der Waals surface area contributed by atoms with E-state index in [2.05, 4.69) is 46.5 Å². The van der Waals surface area contributed by atoms with Gasteiger partial charge in [0.05, 0.1) is 12.4 Å². The number of aryl methyl sites for hydroxylation is 2. The maximum Gasteiger partial charge on any atom is 0.234 e. The summed E-state index contributed by atoms with van der Waals surface area (Å²) in [4.78, 5) is 17.2. The first kappa shape index (κ1) is 24.5. The van der Waals surface area contributed by atoms with E-state index in [0.29, 0.717) is 17.6 Å². The number of hydrogen-bond acceptors (Lipinski definition) is 6. The van der Waals surface area contributed by atoms with Gasteiger partial charge in [0, 0.05) is 29.3 Å². The molecule has 0 saturated carbocycles. The van der Waals surface area contributed by atoms with Gasteiger partial charge in [-0.1, -0.05) is 43.8 Å². The fourth-order valence-corrected chi connectivity index (χ4v) is 4.60. The van der Waals surface area contributed by atoms with Crippen molar-refractivity contribution in [1.29, 1.82) is 0 Å². The molecule has 7 nitrogen and oxygen atoms in total. The number of aromatic nitrogens is 4. The van der Waals surface area contributed by atoms with E-state index in [0.717, 1.165) is 46.7 Å². The highest BCUT2D eigenvalue weighted by Gasteiger charge is 2.18. The van der Waals surface area contributed by atoms with E-state index >= 15 is 0 Å². The lowest BCUT2D eigenvalue weighted by atomic mass is 10.0. The zero-order valence-corrected chi connectivity index (χ0v) is 21.0. The van der Waals surface area contributed by atoms with Crippen molar-refractivity contribution < 1.29 is 9.53 Å². The largest absolute Gasteiger partial charge is 0.494 e. The molecule has 0 unspecified atom stereocenters. The maximum absolute atomic E-state index is 12.9. The van der Waals surface area contributed by atoms with Gasteiger partial charge >= 0.3 is 0 Å². The molecule has 4 aromatic rings. The Kier molecular flexibility index (Phi) is 8.15. The van der Waals surface area contributed by atoms with Crippen LogP contribution in [-0.2, 0) is 17.6 Å². The van der Waals surface area contributed by atoms with E-state index in [9.17, 15) is 4.79 Å². The Bertz CT molecular complexity index is 1250. The minimum absolute atomic E-state index is 0.0743. The molecule has 0 aliphatic heterocycles. The van der Waals surface area contributed by atoms with Crippen molar-refractivity contribution >= 4 is 23.4 Å². The molecular formula is C27H29N5O2S. The van der Waals surface area contributed by atoms with Crippen molar-refractivity contribution in [2.45, 2.75) is 38.8 Å². The lowest BCUT2D eigenvalue weighted by molar-refractivity contribution is -0.113. The van der Waals surface area contributed by atoms with Crippen molar-refractivity contribution in [2.24, 2.45) is 0 Å². The Morgan fingerprint density at radius 2 is 1.71 bits per heavy atom. The van der Waals surface area contributed by atoms with Crippen molar-refractivity contribution in [3.05, 3.63) is 78.1 Å². The molecule has 180 valence electrons. The van der Waals surface area contributed by atoms with Gasteiger partial charge in [0.2, 0.25) is 5.91 Å². The van der Waals surface area contributed by atoms with Gasteiger partial charge in [-0.25, -0.2) is 0 Å². The average molecular weight is 488 g/mol. The van der Waals surface area contributed by atoms with Crippen molar-refractivity contribution in [3.63, 3.8) is 0 Å². The van der Waals surface area contributed by atoms with Crippen LogP contribution in [0.25, 0.3) is 17.1 Å². The van der Waals surface area contributed by atoms with Gasteiger partial charge in [-0.3, -0.25) is 14.3 Å². The lowest BCUT2D eigenvalue weighted by Gasteiger charge is -2.14. The van der Waals surface area contributed by atoms with E-state index in [1.165, 1.54) is 11.8 Å². The molecule has 35 heavy (non-hydrogen) atoms. The van der Waals surface area contributed by atoms with Crippen LogP contribution in [0.5, 0.6) is 5.75 Å². The second-order valence-electron chi connectivity index (χ2n) is 7.81. The van der Waals surface area contributed by atoms with Gasteiger partial charge in [-0.15, -0.1) is 10.2 Å².